The number of carbonyl (C=O) groups excluding carboxylic acids is 2. The Hall–Kier alpha value is -2.62. The van der Waals surface area contributed by atoms with E-state index in [4.69, 9.17) is 4.74 Å². The molecule has 0 spiro atoms. The van der Waals surface area contributed by atoms with E-state index in [-0.39, 0.29) is 18.6 Å². The fourth-order valence-corrected chi connectivity index (χ4v) is 3.19. The molecule has 124 valence electrons. The average Bonchev–Trinajstić information content (AvgIpc) is 2.90. The molecule has 1 heterocycles. The molecule has 1 aliphatic rings. The maximum absolute atomic E-state index is 12.6. The van der Waals surface area contributed by atoms with E-state index in [0.717, 1.165) is 28.8 Å². The normalized spacial score (nSPS) is 16.0. The molecule has 0 aliphatic carbocycles. The Morgan fingerprint density at radius 3 is 2.67 bits per heavy atom. The Labute approximate surface area is 142 Å². The number of fused-ring (bicyclic) bond motifs is 1. The van der Waals surface area contributed by atoms with Crippen molar-refractivity contribution in [2.45, 2.75) is 33.2 Å². The number of rotatable bonds is 3. The van der Waals surface area contributed by atoms with Gasteiger partial charge in [0.1, 0.15) is 0 Å². The van der Waals surface area contributed by atoms with Crippen molar-refractivity contribution in [3.63, 3.8) is 0 Å². The summed E-state index contributed by atoms with van der Waals surface area (Å²) in [6.07, 6.45) is 0.826. The molecule has 1 atom stereocenters. The van der Waals surface area contributed by atoms with Crippen LogP contribution in [0.4, 0.5) is 5.69 Å². The van der Waals surface area contributed by atoms with Gasteiger partial charge in [0.05, 0.1) is 5.56 Å². The molecule has 2 aromatic rings. The van der Waals surface area contributed by atoms with Crippen LogP contribution in [-0.4, -0.2) is 24.5 Å². The lowest BCUT2D eigenvalue weighted by atomic mass is 10.0. The number of para-hydroxylation sites is 1. The van der Waals surface area contributed by atoms with E-state index in [1.807, 2.05) is 57.2 Å². The Bertz CT molecular complexity index is 797. The van der Waals surface area contributed by atoms with Crippen molar-refractivity contribution in [3.8, 4) is 0 Å². The van der Waals surface area contributed by atoms with E-state index in [9.17, 15) is 9.59 Å². The molecular formula is C20H21NO3. The molecule has 0 saturated heterocycles. The van der Waals surface area contributed by atoms with Crippen molar-refractivity contribution in [3.05, 3.63) is 64.7 Å². The topological polar surface area (TPSA) is 46.6 Å². The highest BCUT2D eigenvalue weighted by Crippen LogP contribution is 2.31. The van der Waals surface area contributed by atoms with Crippen LogP contribution >= 0.6 is 0 Å². The van der Waals surface area contributed by atoms with Crippen molar-refractivity contribution < 1.29 is 14.3 Å². The quantitative estimate of drug-likeness (QED) is 0.813. The number of hydrogen-bond donors (Lipinski definition) is 0. The first-order chi connectivity index (χ1) is 11.5. The second-order valence-corrected chi connectivity index (χ2v) is 6.27. The fourth-order valence-electron chi connectivity index (χ4n) is 3.19. The second kappa shape index (κ2) is 6.48. The Balaban J connectivity index is 1.70. The maximum atomic E-state index is 12.6. The molecule has 2 aromatic carbocycles. The van der Waals surface area contributed by atoms with Crippen molar-refractivity contribution in [1.82, 2.24) is 0 Å². The second-order valence-electron chi connectivity index (χ2n) is 6.27. The lowest BCUT2D eigenvalue weighted by Crippen LogP contribution is -2.38. The minimum Gasteiger partial charge on any atom is -0.452 e. The summed E-state index contributed by atoms with van der Waals surface area (Å²) in [5.41, 5.74) is 4.49. The summed E-state index contributed by atoms with van der Waals surface area (Å²) >= 11 is 0. The van der Waals surface area contributed by atoms with Gasteiger partial charge < -0.3 is 9.64 Å². The predicted octanol–water partition coefficient (Wildman–Crippen LogP) is 3.44. The molecule has 4 heteroatoms. The first-order valence-electron chi connectivity index (χ1n) is 8.12. The van der Waals surface area contributed by atoms with Crippen LogP contribution in [0.2, 0.25) is 0 Å². The Morgan fingerprint density at radius 2 is 1.88 bits per heavy atom. The standard InChI is InChI=1S/C20H21NO3/c1-13-7-6-9-17(15(13)3)20(23)24-12-19(22)21-14(2)11-16-8-4-5-10-18(16)21/h4-10,14H,11-12H2,1-3H3/t14-/m0/s1. The third-order valence-electron chi connectivity index (χ3n) is 4.63. The lowest BCUT2D eigenvalue weighted by Gasteiger charge is -2.22. The van der Waals surface area contributed by atoms with E-state index in [2.05, 4.69) is 0 Å². The SMILES string of the molecule is Cc1cccc(C(=O)OCC(=O)N2c3ccccc3C[C@@H]2C)c1C. The molecule has 0 saturated carbocycles. The number of benzene rings is 2. The zero-order valence-electron chi connectivity index (χ0n) is 14.2. The van der Waals surface area contributed by atoms with Gasteiger partial charge in [0, 0.05) is 11.7 Å². The predicted molar refractivity (Wildman–Crippen MR) is 93.3 cm³/mol. The molecule has 0 radical (unpaired) electrons. The number of aryl methyl sites for hydroxylation is 1. The summed E-state index contributed by atoms with van der Waals surface area (Å²) < 4.78 is 5.27. The number of amides is 1. The summed E-state index contributed by atoms with van der Waals surface area (Å²) in [7, 11) is 0. The van der Waals surface area contributed by atoms with E-state index < -0.39 is 5.97 Å². The summed E-state index contributed by atoms with van der Waals surface area (Å²) in [4.78, 5) is 26.6. The monoisotopic (exact) mass is 323 g/mol. The zero-order valence-corrected chi connectivity index (χ0v) is 14.2. The molecule has 0 aromatic heterocycles. The summed E-state index contributed by atoms with van der Waals surface area (Å²) in [5, 5.41) is 0. The number of hydrogen-bond acceptors (Lipinski definition) is 3. The third kappa shape index (κ3) is 2.92. The average molecular weight is 323 g/mol. The summed E-state index contributed by atoms with van der Waals surface area (Å²) in [6.45, 7) is 5.59. The summed E-state index contributed by atoms with van der Waals surface area (Å²) in [6, 6.07) is 13.4. The van der Waals surface area contributed by atoms with Crippen LogP contribution in [0.25, 0.3) is 0 Å². The van der Waals surface area contributed by atoms with Gasteiger partial charge in [-0.05, 0) is 56.0 Å². The smallest absolute Gasteiger partial charge is 0.338 e. The van der Waals surface area contributed by atoms with Crippen LogP contribution in [0, 0.1) is 13.8 Å². The maximum Gasteiger partial charge on any atom is 0.338 e. The van der Waals surface area contributed by atoms with Gasteiger partial charge in [-0.2, -0.15) is 0 Å². The van der Waals surface area contributed by atoms with Crippen molar-refractivity contribution in [1.29, 1.82) is 0 Å². The molecule has 0 fully saturated rings. The molecule has 0 unspecified atom stereocenters. The van der Waals surface area contributed by atoms with Crippen LogP contribution in [0.1, 0.15) is 34.0 Å². The van der Waals surface area contributed by atoms with Gasteiger partial charge >= 0.3 is 5.97 Å². The Kier molecular flexibility index (Phi) is 4.38. The van der Waals surface area contributed by atoms with Crippen LogP contribution in [0.3, 0.4) is 0 Å². The highest BCUT2D eigenvalue weighted by atomic mass is 16.5. The van der Waals surface area contributed by atoms with Crippen molar-refractivity contribution >= 4 is 17.6 Å². The first-order valence-corrected chi connectivity index (χ1v) is 8.12. The summed E-state index contributed by atoms with van der Waals surface area (Å²) in [5.74, 6) is -0.643. The minimum atomic E-state index is -0.454. The van der Waals surface area contributed by atoms with Gasteiger partial charge in [-0.3, -0.25) is 4.79 Å². The van der Waals surface area contributed by atoms with Gasteiger partial charge in [-0.15, -0.1) is 0 Å². The van der Waals surface area contributed by atoms with Gasteiger partial charge in [0.15, 0.2) is 6.61 Å². The zero-order chi connectivity index (χ0) is 17.3. The van der Waals surface area contributed by atoms with Crippen molar-refractivity contribution in [2.24, 2.45) is 0 Å². The molecular weight excluding hydrogens is 302 g/mol. The largest absolute Gasteiger partial charge is 0.452 e. The number of carbonyl (C=O) groups is 2. The molecule has 0 N–H and O–H groups in total. The van der Waals surface area contributed by atoms with Crippen LogP contribution in [-0.2, 0) is 16.0 Å². The molecule has 1 amide bonds. The van der Waals surface area contributed by atoms with E-state index in [0.29, 0.717) is 5.56 Å². The third-order valence-corrected chi connectivity index (χ3v) is 4.63. The highest BCUT2D eigenvalue weighted by molar-refractivity contribution is 5.99. The number of anilines is 1. The molecule has 1 aliphatic heterocycles. The number of ether oxygens (including phenoxy) is 1. The highest BCUT2D eigenvalue weighted by Gasteiger charge is 2.31. The van der Waals surface area contributed by atoms with Gasteiger partial charge in [-0.25, -0.2) is 4.79 Å². The van der Waals surface area contributed by atoms with E-state index in [1.54, 1.807) is 11.0 Å². The molecule has 3 rings (SSSR count). The minimum absolute atomic E-state index is 0.0781. The van der Waals surface area contributed by atoms with Crippen molar-refractivity contribution in [2.75, 3.05) is 11.5 Å². The van der Waals surface area contributed by atoms with Crippen LogP contribution in [0.5, 0.6) is 0 Å². The fraction of sp³-hybridized carbons (Fsp3) is 0.300. The van der Waals surface area contributed by atoms with Crippen LogP contribution < -0.4 is 4.90 Å². The number of nitrogens with zero attached hydrogens (tertiary/aromatic N) is 1. The Morgan fingerprint density at radius 1 is 1.12 bits per heavy atom. The van der Waals surface area contributed by atoms with Crippen LogP contribution in [0.15, 0.2) is 42.5 Å². The van der Waals surface area contributed by atoms with Gasteiger partial charge in [0.25, 0.3) is 5.91 Å². The molecule has 4 nitrogen and oxygen atoms in total. The van der Waals surface area contributed by atoms with Gasteiger partial charge in [-0.1, -0.05) is 30.3 Å². The van der Waals surface area contributed by atoms with E-state index in [1.165, 1.54) is 0 Å². The first kappa shape index (κ1) is 16.2. The lowest BCUT2D eigenvalue weighted by molar-refractivity contribution is -0.122. The van der Waals surface area contributed by atoms with E-state index >= 15 is 0 Å². The molecule has 0 bridgehead atoms. The molecule has 24 heavy (non-hydrogen) atoms. The van der Waals surface area contributed by atoms with Gasteiger partial charge in [0.2, 0.25) is 0 Å². The number of esters is 1.